The van der Waals surface area contributed by atoms with Crippen LogP contribution in [0.1, 0.15) is 18.4 Å². The average Bonchev–Trinajstić information content (AvgIpc) is 2.68. The van der Waals surface area contributed by atoms with Gasteiger partial charge >= 0.3 is 0 Å². The normalized spacial score (nSPS) is 16.2. The number of piperidine rings is 1. The summed E-state index contributed by atoms with van der Waals surface area (Å²) >= 11 is 0. The molecule has 26 heavy (non-hydrogen) atoms. The Bertz CT molecular complexity index is 778. The number of nitro benzene ring substituents is 1. The number of methoxy groups -OCH3 is 2. The number of rotatable bonds is 5. The molecule has 2 aromatic carbocycles. The number of aliphatic hydroxyl groups is 1. The van der Waals surface area contributed by atoms with Gasteiger partial charge in [0.2, 0.25) is 0 Å². The molecule has 0 amide bonds. The van der Waals surface area contributed by atoms with Crippen molar-refractivity contribution in [2.45, 2.75) is 18.4 Å². The van der Waals surface area contributed by atoms with Gasteiger partial charge in [0.1, 0.15) is 17.2 Å². The van der Waals surface area contributed by atoms with Crippen molar-refractivity contribution in [3.63, 3.8) is 0 Å². The smallest absolute Gasteiger partial charge is 0.292 e. The molecule has 0 saturated carbocycles. The van der Waals surface area contributed by atoms with Gasteiger partial charge in [-0.05, 0) is 36.6 Å². The van der Waals surface area contributed by atoms with E-state index >= 15 is 0 Å². The van der Waals surface area contributed by atoms with Crippen molar-refractivity contribution in [2.75, 3.05) is 32.2 Å². The zero-order chi connectivity index (χ0) is 18.7. The first-order valence-corrected chi connectivity index (χ1v) is 8.41. The lowest BCUT2D eigenvalue weighted by atomic mass is 9.84. The second-order valence-corrected chi connectivity index (χ2v) is 6.37. The van der Waals surface area contributed by atoms with Crippen molar-refractivity contribution in [3.05, 3.63) is 58.1 Å². The Labute approximate surface area is 151 Å². The third kappa shape index (κ3) is 3.43. The molecule has 1 saturated heterocycles. The number of para-hydroxylation sites is 2. The molecule has 3 rings (SSSR count). The molecule has 1 aliphatic heterocycles. The lowest BCUT2D eigenvalue weighted by Crippen LogP contribution is -2.42. The maximum absolute atomic E-state index is 11.3. The van der Waals surface area contributed by atoms with E-state index in [1.54, 1.807) is 38.5 Å². The van der Waals surface area contributed by atoms with E-state index in [-0.39, 0.29) is 10.6 Å². The van der Waals surface area contributed by atoms with Crippen LogP contribution in [0.5, 0.6) is 11.5 Å². The van der Waals surface area contributed by atoms with Crippen LogP contribution in [-0.2, 0) is 5.60 Å². The first kappa shape index (κ1) is 18.0. The summed E-state index contributed by atoms with van der Waals surface area (Å²) in [6, 6.07) is 12.1. The van der Waals surface area contributed by atoms with Crippen molar-refractivity contribution in [2.24, 2.45) is 0 Å². The zero-order valence-corrected chi connectivity index (χ0v) is 14.8. The van der Waals surface area contributed by atoms with Crippen LogP contribution in [0.2, 0.25) is 0 Å². The van der Waals surface area contributed by atoms with Gasteiger partial charge in [0.25, 0.3) is 5.69 Å². The summed E-state index contributed by atoms with van der Waals surface area (Å²) in [5.74, 6) is 1.24. The van der Waals surface area contributed by atoms with Crippen LogP contribution in [0.15, 0.2) is 42.5 Å². The van der Waals surface area contributed by atoms with Crippen molar-refractivity contribution in [1.82, 2.24) is 0 Å². The molecule has 0 unspecified atom stereocenters. The Hall–Kier alpha value is -2.80. The third-order valence-electron chi connectivity index (χ3n) is 4.90. The van der Waals surface area contributed by atoms with E-state index in [4.69, 9.17) is 9.47 Å². The van der Waals surface area contributed by atoms with Crippen LogP contribution in [0, 0.1) is 10.1 Å². The summed E-state index contributed by atoms with van der Waals surface area (Å²) < 4.78 is 10.6. The molecule has 1 aliphatic rings. The first-order valence-electron chi connectivity index (χ1n) is 8.41. The highest BCUT2D eigenvalue weighted by atomic mass is 16.6. The number of ether oxygens (including phenoxy) is 2. The summed E-state index contributed by atoms with van der Waals surface area (Å²) in [5, 5.41) is 22.4. The zero-order valence-electron chi connectivity index (χ0n) is 14.8. The van der Waals surface area contributed by atoms with Crippen LogP contribution in [-0.4, -0.2) is 37.3 Å². The standard InChI is InChI=1S/C19H22N2O5/c1-25-15-11-14(12-16(13-15)26-2)19(22)7-9-20(10-8-19)17-5-3-4-6-18(17)21(23)24/h3-6,11-13,22H,7-10H2,1-2H3. The fourth-order valence-corrected chi connectivity index (χ4v) is 3.37. The monoisotopic (exact) mass is 358 g/mol. The lowest BCUT2D eigenvalue weighted by Gasteiger charge is -2.39. The number of anilines is 1. The molecular formula is C19H22N2O5. The molecule has 0 atom stereocenters. The fourth-order valence-electron chi connectivity index (χ4n) is 3.37. The van der Waals surface area contributed by atoms with Gasteiger partial charge in [-0.25, -0.2) is 0 Å². The molecule has 7 heteroatoms. The van der Waals surface area contributed by atoms with Gasteiger partial charge in [0.15, 0.2) is 0 Å². The predicted molar refractivity (Wildman–Crippen MR) is 98.0 cm³/mol. The van der Waals surface area contributed by atoms with Crippen LogP contribution in [0.25, 0.3) is 0 Å². The molecule has 1 N–H and O–H groups in total. The number of benzene rings is 2. The van der Waals surface area contributed by atoms with Crippen LogP contribution < -0.4 is 14.4 Å². The predicted octanol–water partition coefficient (Wildman–Crippen LogP) is 3.10. The highest BCUT2D eigenvalue weighted by Crippen LogP contribution is 2.39. The molecule has 0 spiro atoms. The van der Waals surface area contributed by atoms with E-state index in [1.165, 1.54) is 6.07 Å². The van der Waals surface area contributed by atoms with Gasteiger partial charge in [-0.15, -0.1) is 0 Å². The van der Waals surface area contributed by atoms with Gasteiger partial charge < -0.3 is 19.5 Å². The van der Waals surface area contributed by atoms with E-state index in [1.807, 2.05) is 17.0 Å². The van der Waals surface area contributed by atoms with Crippen LogP contribution in [0.4, 0.5) is 11.4 Å². The number of nitro groups is 1. The highest BCUT2D eigenvalue weighted by Gasteiger charge is 2.36. The Morgan fingerprint density at radius 1 is 1.08 bits per heavy atom. The SMILES string of the molecule is COc1cc(OC)cc(C2(O)CCN(c3ccccc3[N+](=O)[O-])CC2)c1. The van der Waals surface area contributed by atoms with Gasteiger partial charge in [-0.3, -0.25) is 10.1 Å². The van der Waals surface area contributed by atoms with Gasteiger partial charge in [0, 0.05) is 25.2 Å². The number of hydrogen-bond acceptors (Lipinski definition) is 6. The molecule has 138 valence electrons. The second kappa shape index (κ2) is 7.21. The molecule has 0 radical (unpaired) electrons. The third-order valence-corrected chi connectivity index (χ3v) is 4.90. The second-order valence-electron chi connectivity index (χ2n) is 6.37. The quantitative estimate of drug-likeness (QED) is 0.653. The Morgan fingerprint density at radius 3 is 2.19 bits per heavy atom. The Balaban J connectivity index is 1.83. The Morgan fingerprint density at radius 2 is 1.65 bits per heavy atom. The summed E-state index contributed by atoms with van der Waals surface area (Å²) in [6.45, 7) is 1.03. The molecule has 0 aliphatic carbocycles. The maximum atomic E-state index is 11.3. The van der Waals surface area contributed by atoms with E-state index < -0.39 is 5.60 Å². The van der Waals surface area contributed by atoms with Crippen molar-refractivity contribution < 1.29 is 19.5 Å². The topological polar surface area (TPSA) is 85.1 Å². The highest BCUT2D eigenvalue weighted by molar-refractivity contribution is 5.63. The molecule has 1 fully saturated rings. The van der Waals surface area contributed by atoms with Crippen molar-refractivity contribution >= 4 is 11.4 Å². The van der Waals surface area contributed by atoms with Crippen LogP contribution in [0.3, 0.4) is 0 Å². The van der Waals surface area contributed by atoms with Gasteiger partial charge in [-0.2, -0.15) is 0 Å². The molecule has 7 nitrogen and oxygen atoms in total. The molecule has 2 aromatic rings. The largest absolute Gasteiger partial charge is 0.497 e. The number of hydrogen-bond donors (Lipinski definition) is 1. The summed E-state index contributed by atoms with van der Waals surface area (Å²) in [5.41, 5.74) is 0.377. The van der Waals surface area contributed by atoms with E-state index in [2.05, 4.69) is 0 Å². The minimum atomic E-state index is -1.03. The minimum Gasteiger partial charge on any atom is -0.497 e. The fraction of sp³-hybridized carbons (Fsp3) is 0.368. The Kier molecular flexibility index (Phi) is 4.99. The van der Waals surface area contributed by atoms with Crippen LogP contribution >= 0.6 is 0 Å². The van der Waals surface area contributed by atoms with Crippen molar-refractivity contribution in [3.8, 4) is 11.5 Å². The number of nitrogens with zero attached hydrogens (tertiary/aromatic N) is 2. The molecule has 1 heterocycles. The summed E-state index contributed by atoms with van der Waals surface area (Å²) in [6.07, 6.45) is 0.907. The van der Waals surface area contributed by atoms with E-state index in [9.17, 15) is 15.2 Å². The van der Waals surface area contributed by atoms with E-state index in [0.717, 1.165) is 5.56 Å². The maximum Gasteiger partial charge on any atom is 0.292 e. The summed E-state index contributed by atoms with van der Waals surface area (Å²) in [7, 11) is 3.14. The van der Waals surface area contributed by atoms with Gasteiger partial charge in [0.05, 0.1) is 24.7 Å². The van der Waals surface area contributed by atoms with E-state index in [0.29, 0.717) is 43.1 Å². The average molecular weight is 358 g/mol. The molecule has 0 aromatic heterocycles. The van der Waals surface area contributed by atoms with Gasteiger partial charge in [-0.1, -0.05) is 12.1 Å². The lowest BCUT2D eigenvalue weighted by molar-refractivity contribution is -0.384. The minimum absolute atomic E-state index is 0.0842. The molecule has 0 bridgehead atoms. The first-order chi connectivity index (χ1) is 12.5. The van der Waals surface area contributed by atoms with Crippen molar-refractivity contribution in [1.29, 1.82) is 0 Å². The molecular weight excluding hydrogens is 336 g/mol. The summed E-state index contributed by atoms with van der Waals surface area (Å²) in [4.78, 5) is 12.8.